The summed E-state index contributed by atoms with van der Waals surface area (Å²) in [5, 5.41) is 0. The molecule has 0 bridgehead atoms. The van der Waals surface area contributed by atoms with Gasteiger partial charge in [0.15, 0.2) is 11.5 Å². The number of halogens is 3. The van der Waals surface area contributed by atoms with Crippen LogP contribution in [0, 0.1) is 0 Å². The maximum atomic E-state index is 12.0. The van der Waals surface area contributed by atoms with Crippen molar-refractivity contribution in [3.63, 3.8) is 0 Å². The van der Waals surface area contributed by atoms with Crippen molar-refractivity contribution in [3.05, 3.63) is 22.2 Å². The van der Waals surface area contributed by atoms with Gasteiger partial charge >= 0.3 is 0 Å². The second-order valence-electron chi connectivity index (χ2n) is 3.13. The first-order valence-electron chi connectivity index (χ1n) is 4.84. The summed E-state index contributed by atoms with van der Waals surface area (Å²) in [5.74, 6) is 1.59. The molecule has 0 amide bonds. The first-order chi connectivity index (χ1) is 7.72. The SMILES string of the molecule is COc1cc(CCl)cc(Br)c1OCCCF. The van der Waals surface area contributed by atoms with Gasteiger partial charge in [-0.1, -0.05) is 0 Å². The molecule has 5 heteroatoms. The average Bonchev–Trinajstić information content (AvgIpc) is 2.30. The molecule has 0 heterocycles. The summed E-state index contributed by atoms with van der Waals surface area (Å²) < 4.78 is 23.4. The van der Waals surface area contributed by atoms with Crippen molar-refractivity contribution in [1.82, 2.24) is 0 Å². The lowest BCUT2D eigenvalue weighted by atomic mass is 10.2. The van der Waals surface area contributed by atoms with Crippen molar-refractivity contribution in [2.45, 2.75) is 12.3 Å². The molecule has 0 aliphatic carbocycles. The average molecular weight is 312 g/mol. The van der Waals surface area contributed by atoms with Gasteiger partial charge in [-0.15, -0.1) is 11.6 Å². The fourth-order valence-corrected chi connectivity index (χ4v) is 1.98. The molecular formula is C11H13BrClFO2. The van der Waals surface area contributed by atoms with Crippen LogP contribution in [-0.4, -0.2) is 20.4 Å². The monoisotopic (exact) mass is 310 g/mol. The van der Waals surface area contributed by atoms with Gasteiger partial charge in [0.2, 0.25) is 0 Å². The molecule has 0 aliphatic heterocycles. The number of benzene rings is 1. The number of rotatable bonds is 6. The fraction of sp³-hybridized carbons (Fsp3) is 0.455. The Labute approximate surface area is 108 Å². The third kappa shape index (κ3) is 3.52. The van der Waals surface area contributed by atoms with Gasteiger partial charge in [-0.3, -0.25) is 4.39 Å². The maximum absolute atomic E-state index is 12.0. The van der Waals surface area contributed by atoms with E-state index in [4.69, 9.17) is 21.1 Å². The van der Waals surface area contributed by atoms with E-state index in [0.717, 1.165) is 10.0 Å². The van der Waals surface area contributed by atoms with Crippen LogP contribution in [0.1, 0.15) is 12.0 Å². The number of methoxy groups -OCH3 is 1. The molecule has 1 aromatic carbocycles. The van der Waals surface area contributed by atoms with Crippen LogP contribution in [0.5, 0.6) is 11.5 Å². The molecule has 0 aliphatic rings. The number of alkyl halides is 2. The summed E-state index contributed by atoms with van der Waals surface area (Å²) in [4.78, 5) is 0. The minimum absolute atomic E-state index is 0.325. The van der Waals surface area contributed by atoms with Crippen molar-refractivity contribution < 1.29 is 13.9 Å². The van der Waals surface area contributed by atoms with Crippen LogP contribution >= 0.6 is 27.5 Å². The van der Waals surface area contributed by atoms with Crippen molar-refractivity contribution in [2.24, 2.45) is 0 Å². The summed E-state index contributed by atoms with van der Waals surface area (Å²) in [6.07, 6.45) is 0.368. The molecule has 1 aromatic rings. The molecule has 0 radical (unpaired) electrons. The van der Waals surface area contributed by atoms with E-state index in [9.17, 15) is 4.39 Å². The number of ether oxygens (including phenoxy) is 2. The van der Waals surface area contributed by atoms with E-state index >= 15 is 0 Å². The zero-order chi connectivity index (χ0) is 12.0. The predicted octanol–water partition coefficient (Wildman–Crippen LogP) is 3.93. The fourth-order valence-electron chi connectivity index (χ4n) is 1.22. The van der Waals surface area contributed by atoms with Gasteiger partial charge in [0.1, 0.15) is 0 Å². The first kappa shape index (κ1) is 13.6. The quantitative estimate of drug-likeness (QED) is 0.585. The van der Waals surface area contributed by atoms with Crippen LogP contribution in [0.3, 0.4) is 0 Å². The Morgan fingerprint density at radius 1 is 1.44 bits per heavy atom. The minimum Gasteiger partial charge on any atom is -0.493 e. The van der Waals surface area contributed by atoms with Crippen molar-refractivity contribution in [2.75, 3.05) is 20.4 Å². The molecule has 0 N–H and O–H groups in total. The van der Waals surface area contributed by atoms with Crippen LogP contribution in [0.2, 0.25) is 0 Å². The van der Waals surface area contributed by atoms with Crippen molar-refractivity contribution >= 4 is 27.5 Å². The molecule has 1 rings (SSSR count). The van der Waals surface area contributed by atoms with E-state index < -0.39 is 0 Å². The second kappa shape index (κ2) is 6.97. The molecule has 0 fully saturated rings. The highest BCUT2D eigenvalue weighted by atomic mass is 79.9. The lowest BCUT2D eigenvalue weighted by Crippen LogP contribution is -2.01. The molecule has 2 nitrogen and oxygen atoms in total. The zero-order valence-electron chi connectivity index (χ0n) is 8.93. The second-order valence-corrected chi connectivity index (χ2v) is 4.26. The lowest BCUT2D eigenvalue weighted by molar-refractivity contribution is 0.272. The molecule has 0 saturated heterocycles. The Balaban J connectivity index is 2.88. The van der Waals surface area contributed by atoms with Crippen LogP contribution in [0.4, 0.5) is 4.39 Å². The van der Waals surface area contributed by atoms with E-state index in [-0.39, 0.29) is 6.67 Å². The summed E-state index contributed by atoms with van der Waals surface area (Å²) >= 11 is 9.11. The van der Waals surface area contributed by atoms with Gasteiger partial charge in [0, 0.05) is 12.3 Å². The number of hydrogen-bond donors (Lipinski definition) is 0. The molecule has 0 atom stereocenters. The third-order valence-corrected chi connectivity index (χ3v) is 2.87. The maximum Gasteiger partial charge on any atom is 0.175 e. The lowest BCUT2D eigenvalue weighted by Gasteiger charge is -2.13. The van der Waals surface area contributed by atoms with E-state index in [0.29, 0.717) is 30.4 Å². The molecule has 0 aromatic heterocycles. The normalized spacial score (nSPS) is 10.2. The summed E-state index contributed by atoms with van der Waals surface area (Å²) in [7, 11) is 1.56. The Hall–Kier alpha value is -0.480. The Bertz CT molecular complexity index is 347. The van der Waals surface area contributed by atoms with Gasteiger partial charge in [-0.25, -0.2) is 0 Å². The van der Waals surface area contributed by atoms with Crippen LogP contribution < -0.4 is 9.47 Å². The third-order valence-electron chi connectivity index (χ3n) is 1.97. The Morgan fingerprint density at radius 3 is 2.75 bits per heavy atom. The van der Waals surface area contributed by atoms with Gasteiger partial charge in [0.25, 0.3) is 0 Å². The highest BCUT2D eigenvalue weighted by Gasteiger charge is 2.11. The summed E-state index contributed by atoms with van der Waals surface area (Å²) in [6.45, 7) is -0.0641. The standard InChI is InChI=1S/C11H13BrClFO2/c1-15-10-6-8(7-13)5-9(12)11(10)16-4-2-3-14/h5-6H,2-4,7H2,1H3. The van der Waals surface area contributed by atoms with Crippen molar-refractivity contribution in [1.29, 1.82) is 0 Å². The molecular weight excluding hydrogens is 298 g/mol. The largest absolute Gasteiger partial charge is 0.493 e. The van der Waals surface area contributed by atoms with E-state index in [1.54, 1.807) is 7.11 Å². The zero-order valence-corrected chi connectivity index (χ0v) is 11.3. The smallest absolute Gasteiger partial charge is 0.175 e. The highest BCUT2D eigenvalue weighted by Crippen LogP contribution is 2.37. The van der Waals surface area contributed by atoms with Gasteiger partial charge in [0.05, 0.1) is 24.9 Å². The minimum atomic E-state index is -0.389. The summed E-state index contributed by atoms with van der Waals surface area (Å²) in [6, 6.07) is 3.67. The van der Waals surface area contributed by atoms with Crippen LogP contribution in [-0.2, 0) is 5.88 Å². The van der Waals surface area contributed by atoms with E-state index in [2.05, 4.69) is 15.9 Å². The predicted molar refractivity (Wildman–Crippen MR) is 66.3 cm³/mol. The van der Waals surface area contributed by atoms with E-state index in [1.807, 2.05) is 12.1 Å². The summed E-state index contributed by atoms with van der Waals surface area (Å²) in [5.41, 5.74) is 0.934. The van der Waals surface area contributed by atoms with Crippen LogP contribution in [0.25, 0.3) is 0 Å². The Morgan fingerprint density at radius 2 is 2.19 bits per heavy atom. The van der Waals surface area contributed by atoms with Crippen molar-refractivity contribution in [3.8, 4) is 11.5 Å². The molecule has 16 heavy (non-hydrogen) atoms. The van der Waals surface area contributed by atoms with Gasteiger partial charge in [-0.2, -0.15) is 0 Å². The molecule has 0 saturated carbocycles. The first-order valence-corrected chi connectivity index (χ1v) is 6.16. The van der Waals surface area contributed by atoms with Gasteiger partial charge in [-0.05, 0) is 33.6 Å². The Kier molecular flexibility index (Phi) is 5.91. The topological polar surface area (TPSA) is 18.5 Å². The van der Waals surface area contributed by atoms with Gasteiger partial charge < -0.3 is 9.47 Å². The van der Waals surface area contributed by atoms with E-state index in [1.165, 1.54) is 0 Å². The van der Waals surface area contributed by atoms with Crippen LogP contribution in [0.15, 0.2) is 16.6 Å². The number of hydrogen-bond acceptors (Lipinski definition) is 2. The molecule has 0 unspecified atom stereocenters. The highest BCUT2D eigenvalue weighted by molar-refractivity contribution is 9.10. The molecule has 0 spiro atoms. The molecule has 90 valence electrons.